The summed E-state index contributed by atoms with van der Waals surface area (Å²) < 4.78 is 5.20. The van der Waals surface area contributed by atoms with Crippen molar-refractivity contribution in [3.05, 3.63) is 0 Å². The fraction of sp³-hybridized carbons (Fsp3) is 0.750. The van der Waals surface area contributed by atoms with Gasteiger partial charge in [-0.05, 0) is 33.1 Å². The third kappa shape index (κ3) is 7.86. The van der Waals surface area contributed by atoms with Gasteiger partial charge < -0.3 is 20.2 Å². The molecule has 0 spiro atoms. The summed E-state index contributed by atoms with van der Waals surface area (Å²) in [5.41, 5.74) is -0.630. The molecule has 9 heteroatoms. The van der Waals surface area contributed by atoms with E-state index in [4.69, 9.17) is 9.57 Å². The van der Waals surface area contributed by atoms with Gasteiger partial charge in [-0.15, -0.1) is 5.06 Å². The molecule has 1 fully saturated rings. The van der Waals surface area contributed by atoms with E-state index >= 15 is 0 Å². The minimum atomic E-state index is -0.927. The molecule has 0 radical (unpaired) electrons. The van der Waals surface area contributed by atoms with Gasteiger partial charge in [0, 0.05) is 25.4 Å². The molecule has 142 valence electrons. The van der Waals surface area contributed by atoms with Crippen molar-refractivity contribution >= 4 is 24.0 Å². The zero-order valence-corrected chi connectivity index (χ0v) is 15.4. The molecule has 0 aromatic carbocycles. The lowest BCUT2D eigenvalue weighted by Gasteiger charge is -2.25. The van der Waals surface area contributed by atoms with E-state index in [1.807, 2.05) is 13.8 Å². The number of alkyl carbamates (subject to hydrolysis) is 1. The van der Waals surface area contributed by atoms with Crippen LogP contribution in [0.3, 0.4) is 0 Å². The molecule has 1 atom stereocenters. The predicted octanol–water partition coefficient (Wildman–Crippen LogP) is 1.72. The van der Waals surface area contributed by atoms with Gasteiger partial charge in [0.05, 0.1) is 0 Å². The van der Waals surface area contributed by atoms with Crippen LogP contribution in [0, 0.1) is 5.92 Å². The first kappa shape index (κ1) is 20.7. The number of amides is 4. The molecule has 0 aromatic heterocycles. The molecule has 1 rings (SSSR count). The highest BCUT2D eigenvalue weighted by molar-refractivity contribution is 6.01. The van der Waals surface area contributed by atoms with Gasteiger partial charge in [-0.2, -0.15) is 0 Å². The number of hydroxylamine groups is 2. The topological polar surface area (TPSA) is 114 Å². The molecule has 1 saturated heterocycles. The van der Waals surface area contributed by atoms with Crippen LogP contribution < -0.4 is 10.6 Å². The summed E-state index contributed by atoms with van der Waals surface area (Å²) in [5, 5.41) is 5.61. The summed E-state index contributed by atoms with van der Waals surface area (Å²) >= 11 is 0. The van der Waals surface area contributed by atoms with E-state index in [1.54, 1.807) is 20.8 Å². The number of ether oxygens (including phenoxy) is 1. The number of carbonyl (C=O) groups is 4. The van der Waals surface area contributed by atoms with Gasteiger partial charge in [0.2, 0.25) is 0 Å². The zero-order valence-electron chi connectivity index (χ0n) is 15.4. The molecule has 25 heavy (non-hydrogen) atoms. The van der Waals surface area contributed by atoms with Crippen LogP contribution in [0.4, 0.5) is 9.59 Å². The van der Waals surface area contributed by atoms with E-state index < -0.39 is 29.6 Å². The van der Waals surface area contributed by atoms with E-state index in [-0.39, 0.29) is 31.3 Å². The molecule has 2 N–H and O–H groups in total. The van der Waals surface area contributed by atoms with Crippen molar-refractivity contribution in [1.29, 1.82) is 0 Å². The highest BCUT2D eigenvalue weighted by Gasteiger charge is 2.33. The van der Waals surface area contributed by atoms with Crippen molar-refractivity contribution in [2.75, 3.05) is 6.54 Å². The van der Waals surface area contributed by atoms with Gasteiger partial charge in [-0.1, -0.05) is 13.8 Å². The Bertz CT molecular complexity index is 510. The van der Waals surface area contributed by atoms with Crippen molar-refractivity contribution < 1.29 is 28.8 Å². The van der Waals surface area contributed by atoms with Gasteiger partial charge in [0.15, 0.2) is 0 Å². The van der Waals surface area contributed by atoms with E-state index in [9.17, 15) is 19.2 Å². The number of nitrogens with one attached hydrogen (secondary N) is 2. The lowest BCUT2D eigenvalue weighted by molar-refractivity contribution is -0.171. The largest absolute Gasteiger partial charge is 0.444 e. The van der Waals surface area contributed by atoms with E-state index in [0.29, 0.717) is 11.5 Å². The average molecular weight is 357 g/mol. The second-order valence-electron chi connectivity index (χ2n) is 7.31. The van der Waals surface area contributed by atoms with Gasteiger partial charge in [-0.25, -0.2) is 9.59 Å². The molecular weight excluding hydrogens is 330 g/mol. The second-order valence-corrected chi connectivity index (χ2v) is 7.31. The number of rotatable bonds is 6. The fourth-order valence-corrected chi connectivity index (χ4v) is 2.22. The Morgan fingerprint density at radius 1 is 1.12 bits per heavy atom. The number of hydrogen-bond acceptors (Lipinski definition) is 6. The summed E-state index contributed by atoms with van der Waals surface area (Å²) in [4.78, 5) is 51.2. The average Bonchev–Trinajstić information content (AvgIpc) is 2.74. The number of imide groups is 1. The number of nitrogens with zero attached hydrogens (tertiary/aromatic N) is 1. The molecule has 0 aliphatic carbocycles. The predicted molar refractivity (Wildman–Crippen MR) is 88.2 cm³/mol. The standard InChI is InChI=1S/C16H27N3O6/c1-10(2)8-11(18-15(23)24-16(3,4)5)9-17-14(22)25-19-12(20)6-7-13(19)21/h10-11H,6-9H2,1-5H3,(H,17,22)(H,18,23)/t11-/m0/s1. The summed E-state index contributed by atoms with van der Waals surface area (Å²) in [6, 6.07) is -0.382. The van der Waals surface area contributed by atoms with Crippen molar-refractivity contribution in [1.82, 2.24) is 15.7 Å². The Morgan fingerprint density at radius 3 is 2.16 bits per heavy atom. The molecule has 1 heterocycles. The summed E-state index contributed by atoms with van der Waals surface area (Å²) in [6.45, 7) is 9.29. The Balaban J connectivity index is 2.51. The lowest BCUT2D eigenvalue weighted by atomic mass is 10.0. The van der Waals surface area contributed by atoms with Crippen molar-refractivity contribution in [2.24, 2.45) is 5.92 Å². The first-order chi connectivity index (χ1) is 11.5. The van der Waals surface area contributed by atoms with Crippen LogP contribution in [0.25, 0.3) is 0 Å². The Kier molecular flexibility index (Phi) is 7.20. The Hall–Kier alpha value is -2.32. The molecule has 1 aliphatic rings. The van der Waals surface area contributed by atoms with Crippen LogP contribution in [0.2, 0.25) is 0 Å². The van der Waals surface area contributed by atoms with Gasteiger partial charge in [0.25, 0.3) is 11.8 Å². The number of carbonyl (C=O) groups excluding carboxylic acids is 4. The van der Waals surface area contributed by atoms with Crippen LogP contribution >= 0.6 is 0 Å². The summed E-state index contributed by atoms with van der Waals surface area (Å²) in [5.74, 6) is -0.837. The van der Waals surface area contributed by atoms with E-state index in [0.717, 1.165) is 0 Å². The molecule has 1 aliphatic heterocycles. The summed E-state index contributed by atoms with van der Waals surface area (Å²) in [7, 11) is 0. The van der Waals surface area contributed by atoms with Gasteiger partial charge in [0.1, 0.15) is 5.60 Å². The first-order valence-corrected chi connectivity index (χ1v) is 8.29. The highest BCUT2D eigenvalue weighted by Crippen LogP contribution is 2.12. The smallest absolute Gasteiger partial charge is 0.432 e. The van der Waals surface area contributed by atoms with Crippen LogP contribution in [-0.4, -0.2) is 47.3 Å². The quantitative estimate of drug-likeness (QED) is 0.700. The second kappa shape index (κ2) is 8.68. The molecular formula is C16H27N3O6. The fourth-order valence-electron chi connectivity index (χ4n) is 2.22. The van der Waals surface area contributed by atoms with Crippen molar-refractivity contribution in [3.8, 4) is 0 Å². The van der Waals surface area contributed by atoms with Crippen molar-refractivity contribution in [3.63, 3.8) is 0 Å². The first-order valence-electron chi connectivity index (χ1n) is 8.29. The number of hydrogen-bond donors (Lipinski definition) is 2. The molecule has 0 saturated carbocycles. The minimum Gasteiger partial charge on any atom is -0.444 e. The normalized spacial score (nSPS) is 16.0. The van der Waals surface area contributed by atoms with Crippen LogP contribution in [0.1, 0.15) is 53.9 Å². The van der Waals surface area contributed by atoms with Crippen LogP contribution in [-0.2, 0) is 19.2 Å². The third-order valence-corrected chi connectivity index (χ3v) is 3.15. The van der Waals surface area contributed by atoms with E-state index in [2.05, 4.69) is 10.6 Å². The Morgan fingerprint density at radius 2 is 1.68 bits per heavy atom. The zero-order chi connectivity index (χ0) is 19.2. The van der Waals surface area contributed by atoms with Gasteiger partial charge in [-0.3, -0.25) is 9.59 Å². The third-order valence-electron chi connectivity index (χ3n) is 3.15. The maximum atomic E-state index is 11.9. The Labute approximate surface area is 147 Å². The lowest BCUT2D eigenvalue weighted by Crippen LogP contribution is -2.47. The van der Waals surface area contributed by atoms with Crippen LogP contribution in [0.15, 0.2) is 0 Å². The highest BCUT2D eigenvalue weighted by atomic mass is 16.7. The van der Waals surface area contributed by atoms with E-state index in [1.165, 1.54) is 0 Å². The SMILES string of the molecule is CC(C)C[C@@H](CNC(=O)ON1C(=O)CCC1=O)NC(=O)OC(C)(C)C. The molecule has 9 nitrogen and oxygen atoms in total. The molecule has 0 unspecified atom stereocenters. The minimum absolute atomic E-state index is 0.0300. The summed E-state index contributed by atoms with van der Waals surface area (Å²) in [6.07, 6.45) is -0.854. The maximum Gasteiger partial charge on any atom is 0.432 e. The maximum absolute atomic E-state index is 11.9. The molecule has 4 amide bonds. The molecule has 0 aromatic rings. The van der Waals surface area contributed by atoms with Gasteiger partial charge >= 0.3 is 12.2 Å². The van der Waals surface area contributed by atoms with Crippen molar-refractivity contribution in [2.45, 2.75) is 65.5 Å². The van der Waals surface area contributed by atoms with Crippen LogP contribution in [0.5, 0.6) is 0 Å². The molecule has 0 bridgehead atoms. The monoisotopic (exact) mass is 357 g/mol.